The summed E-state index contributed by atoms with van der Waals surface area (Å²) >= 11 is 0. The van der Waals surface area contributed by atoms with E-state index in [0.717, 1.165) is 0 Å². The number of nitrogens with two attached hydrogens (primary N) is 1. The molecule has 0 aliphatic heterocycles. The number of primary amides is 1. The van der Waals surface area contributed by atoms with Crippen LogP contribution in [0.15, 0.2) is 10.4 Å². The maximum atomic E-state index is 9.63. The molecule has 0 saturated carbocycles. The molecule has 0 heterocycles. The number of carbonyl (C=O) groups is 2. The van der Waals surface area contributed by atoms with Gasteiger partial charge in [-0.3, -0.25) is 4.84 Å². The summed E-state index contributed by atoms with van der Waals surface area (Å²) in [5.74, 6) is 0. The van der Waals surface area contributed by atoms with Gasteiger partial charge in [-0.2, -0.15) is 0 Å². The molecule has 0 fully saturated rings. The van der Waals surface area contributed by atoms with Crippen molar-refractivity contribution in [1.82, 2.24) is 0 Å². The lowest BCUT2D eigenvalue weighted by atomic mass is 11.3. The normalized spacial score (nSPS) is 9.33. The quantitative estimate of drug-likeness (QED) is 0.390. The summed E-state index contributed by atoms with van der Waals surface area (Å²) in [7, 11) is 0. The number of hydrogen-bond acceptors (Lipinski definition) is 4. The number of carboxylic acid groups (broad SMARTS) is 1. The van der Waals surface area contributed by atoms with E-state index in [1.807, 2.05) is 0 Å². The van der Waals surface area contributed by atoms with Crippen molar-refractivity contribution in [2.75, 3.05) is 0 Å². The number of nitrogens with zero attached hydrogens (tertiary/aromatic N) is 2. The molecule has 2 amide bonds. The first-order chi connectivity index (χ1) is 4.13. The monoisotopic (exact) mass is 133 g/mol. The van der Waals surface area contributed by atoms with Crippen LogP contribution in [0.25, 0.3) is 0 Å². The van der Waals surface area contributed by atoms with E-state index in [4.69, 9.17) is 5.11 Å². The van der Waals surface area contributed by atoms with Crippen LogP contribution >= 0.6 is 0 Å². The Morgan fingerprint density at radius 2 is 2.11 bits per heavy atom. The van der Waals surface area contributed by atoms with E-state index in [2.05, 4.69) is 21.0 Å². The predicted octanol–water partition coefficient (Wildman–Crippen LogP) is 0.127. The lowest BCUT2D eigenvalue weighted by Gasteiger charge is -1.82. The lowest BCUT2D eigenvalue weighted by Crippen LogP contribution is -2.08. The fourth-order valence-corrected chi connectivity index (χ4v) is 0.0956. The summed E-state index contributed by atoms with van der Waals surface area (Å²) in [5.41, 5.74) is 4.37. The average molecular weight is 133 g/mol. The summed E-state index contributed by atoms with van der Waals surface area (Å²) in [5, 5.41) is 12.5. The molecule has 9 heavy (non-hydrogen) atoms. The van der Waals surface area contributed by atoms with Gasteiger partial charge in [0, 0.05) is 5.28 Å². The third kappa shape index (κ3) is 6.34. The van der Waals surface area contributed by atoms with Crippen LogP contribution in [0.3, 0.4) is 0 Å². The van der Waals surface area contributed by atoms with Crippen LogP contribution in [-0.4, -0.2) is 17.3 Å². The van der Waals surface area contributed by atoms with Crippen LogP contribution in [0.4, 0.5) is 9.59 Å². The first-order valence-electron chi connectivity index (χ1n) is 1.73. The minimum atomic E-state index is -1.56. The van der Waals surface area contributed by atoms with E-state index in [0.29, 0.717) is 0 Å². The zero-order chi connectivity index (χ0) is 7.28. The molecule has 7 heteroatoms. The van der Waals surface area contributed by atoms with Crippen molar-refractivity contribution >= 4 is 12.2 Å². The second kappa shape index (κ2) is 3.36. The van der Waals surface area contributed by atoms with Gasteiger partial charge in [0.05, 0.1) is 0 Å². The van der Waals surface area contributed by atoms with E-state index in [9.17, 15) is 9.59 Å². The van der Waals surface area contributed by atoms with Crippen molar-refractivity contribution in [3.63, 3.8) is 0 Å². The molecule has 0 rings (SSSR count). The molecule has 0 bridgehead atoms. The van der Waals surface area contributed by atoms with Crippen molar-refractivity contribution in [2.45, 2.75) is 0 Å². The molecule has 7 nitrogen and oxygen atoms in total. The van der Waals surface area contributed by atoms with E-state index < -0.39 is 12.2 Å². The molecule has 0 aliphatic carbocycles. The minimum absolute atomic E-state index is 1.21. The van der Waals surface area contributed by atoms with Crippen LogP contribution in [-0.2, 0) is 4.84 Å². The van der Waals surface area contributed by atoms with Crippen LogP contribution < -0.4 is 5.73 Å². The SMILES string of the molecule is NC(=O)ON=NC(=O)O. The molecule has 0 aromatic heterocycles. The Balaban J connectivity index is 3.48. The molecule has 0 atom stereocenters. The smallest absolute Gasteiger partial charge is 0.452 e. The third-order valence-electron chi connectivity index (χ3n) is 0.257. The first-order valence-corrected chi connectivity index (χ1v) is 1.73. The Bertz CT molecular complexity index is 152. The van der Waals surface area contributed by atoms with Crippen LogP contribution in [0.1, 0.15) is 0 Å². The predicted molar refractivity (Wildman–Crippen MR) is 23.5 cm³/mol. The molecular weight excluding hydrogens is 130 g/mol. The van der Waals surface area contributed by atoms with Gasteiger partial charge in [0.25, 0.3) is 0 Å². The van der Waals surface area contributed by atoms with Gasteiger partial charge in [-0.25, -0.2) is 9.59 Å². The highest BCUT2D eigenvalue weighted by Gasteiger charge is 1.90. The Kier molecular flexibility index (Phi) is 2.74. The Morgan fingerprint density at radius 1 is 1.56 bits per heavy atom. The molecule has 50 valence electrons. The van der Waals surface area contributed by atoms with Crippen LogP contribution in [0.2, 0.25) is 0 Å². The number of amides is 2. The molecule has 0 aliphatic rings. The summed E-state index contributed by atoms with van der Waals surface area (Å²) in [6.07, 6.45) is -2.77. The topological polar surface area (TPSA) is 114 Å². The summed E-state index contributed by atoms with van der Waals surface area (Å²) in [6, 6.07) is 0. The van der Waals surface area contributed by atoms with E-state index >= 15 is 0 Å². The van der Waals surface area contributed by atoms with Crippen molar-refractivity contribution in [1.29, 1.82) is 0 Å². The summed E-state index contributed by atoms with van der Waals surface area (Å²) in [6.45, 7) is 0. The zero-order valence-corrected chi connectivity index (χ0v) is 4.14. The van der Waals surface area contributed by atoms with Gasteiger partial charge in [-0.15, -0.1) is 0 Å². The molecule has 3 N–H and O–H groups in total. The highest BCUT2D eigenvalue weighted by Crippen LogP contribution is 1.78. The Labute approximate surface area is 49.1 Å². The Hall–Kier alpha value is -1.66. The van der Waals surface area contributed by atoms with Crippen LogP contribution in [0, 0.1) is 0 Å². The Morgan fingerprint density at radius 3 is 2.44 bits per heavy atom. The van der Waals surface area contributed by atoms with E-state index in [1.54, 1.807) is 0 Å². The largest absolute Gasteiger partial charge is 0.462 e. The molecule has 0 spiro atoms. The van der Waals surface area contributed by atoms with E-state index in [-0.39, 0.29) is 0 Å². The van der Waals surface area contributed by atoms with Gasteiger partial charge in [-0.05, 0) is 5.11 Å². The molecule has 0 unspecified atom stereocenters. The van der Waals surface area contributed by atoms with Crippen molar-refractivity contribution < 1.29 is 19.5 Å². The number of carbonyl (C=O) groups excluding carboxylic acids is 1. The van der Waals surface area contributed by atoms with Crippen LogP contribution in [0.5, 0.6) is 0 Å². The third-order valence-corrected chi connectivity index (χ3v) is 0.257. The van der Waals surface area contributed by atoms with Crippen molar-refractivity contribution in [2.24, 2.45) is 16.1 Å². The van der Waals surface area contributed by atoms with Crippen molar-refractivity contribution in [3.8, 4) is 0 Å². The number of rotatable bonds is 1. The van der Waals surface area contributed by atoms with Gasteiger partial charge in [0.1, 0.15) is 0 Å². The first kappa shape index (κ1) is 7.34. The highest BCUT2D eigenvalue weighted by atomic mass is 16.7. The summed E-state index contributed by atoms with van der Waals surface area (Å²) < 4.78 is 0. The van der Waals surface area contributed by atoms with Gasteiger partial charge in [0.2, 0.25) is 0 Å². The molecule has 0 aromatic rings. The standard InChI is InChI=1S/C2H3N3O4/c3-1(6)9-5-4-2(7)8/h(H2,3,6)(H,7,8). The molecular formula is C2H3N3O4. The van der Waals surface area contributed by atoms with E-state index in [1.165, 1.54) is 0 Å². The van der Waals surface area contributed by atoms with Gasteiger partial charge in [-0.1, -0.05) is 0 Å². The van der Waals surface area contributed by atoms with Gasteiger partial charge in [0.15, 0.2) is 0 Å². The van der Waals surface area contributed by atoms with Crippen molar-refractivity contribution in [3.05, 3.63) is 0 Å². The number of hydrogen-bond donors (Lipinski definition) is 2. The highest BCUT2D eigenvalue weighted by molar-refractivity contribution is 5.65. The van der Waals surface area contributed by atoms with Gasteiger partial charge >= 0.3 is 12.2 Å². The maximum absolute atomic E-state index is 9.63. The minimum Gasteiger partial charge on any atom is -0.462 e. The lowest BCUT2D eigenvalue weighted by molar-refractivity contribution is 0.147. The maximum Gasteiger partial charge on any atom is 0.452 e. The fourth-order valence-electron chi connectivity index (χ4n) is 0.0956. The second-order valence-corrected chi connectivity index (χ2v) is 0.875. The molecule has 0 aromatic carbocycles. The van der Waals surface area contributed by atoms with Gasteiger partial charge < -0.3 is 10.8 Å². The zero-order valence-electron chi connectivity index (χ0n) is 4.14. The molecule has 0 saturated heterocycles. The second-order valence-electron chi connectivity index (χ2n) is 0.875. The average Bonchev–Trinajstić information content (AvgIpc) is 1.63. The summed E-state index contributed by atoms with van der Waals surface area (Å²) in [4.78, 5) is 22.7. The fraction of sp³-hybridized carbons (Fsp3) is 0. The molecule has 0 radical (unpaired) electrons.